The van der Waals surface area contributed by atoms with Crippen molar-refractivity contribution in [3.63, 3.8) is 0 Å². The van der Waals surface area contributed by atoms with E-state index in [1.54, 1.807) is 0 Å². The third-order valence-corrected chi connectivity index (χ3v) is 2.64. The lowest BCUT2D eigenvalue weighted by Crippen LogP contribution is -2.30. The van der Waals surface area contributed by atoms with Gasteiger partial charge in [-0.3, -0.25) is 0 Å². The highest BCUT2D eigenvalue weighted by molar-refractivity contribution is 7.14. The standard InChI is InChI=1S/C10H15NO2S/c1-7(2)6-8(10(12)13)11-9-4-3-5-14-9/h3-5,7-8,11H,6H2,1-2H3,(H,12,13)/t8-/m0/s1. The minimum absolute atomic E-state index is 0.378. The van der Waals surface area contributed by atoms with Gasteiger partial charge < -0.3 is 10.4 Å². The van der Waals surface area contributed by atoms with Crippen LogP contribution in [0, 0.1) is 5.92 Å². The van der Waals surface area contributed by atoms with Crippen LogP contribution in [0.5, 0.6) is 0 Å². The van der Waals surface area contributed by atoms with Crippen LogP contribution in [0.2, 0.25) is 0 Å². The van der Waals surface area contributed by atoms with Gasteiger partial charge in [0.15, 0.2) is 0 Å². The van der Waals surface area contributed by atoms with Gasteiger partial charge >= 0.3 is 5.97 Å². The number of hydrogen-bond donors (Lipinski definition) is 2. The van der Waals surface area contributed by atoms with Crippen LogP contribution in [0.25, 0.3) is 0 Å². The SMILES string of the molecule is CC(C)C[C@H](Nc1cccs1)C(=O)O. The molecule has 0 aliphatic heterocycles. The van der Waals surface area contributed by atoms with Crippen molar-refractivity contribution in [2.24, 2.45) is 5.92 Å². The number of aliphatic carboxylic acids is 1. The van der Waals surface area contributed by atoms with Crippen molar-refractivity contribution < 1.29 is 9.90 Å². The second kappa shape index (κ2) is 5.00. The zero-order valence-electron chi connectivity index (χ0n) is 8.36. The van der Waals surface area contributed by atoms with E-state index in [-0.39, 0.29) is 0 Å². The number of thiophene rings is 1. The number of carboxylic acid groups (broad SMARTS) is 1. The molecule has 0 amide bonds. The molecule has 0 fully saturated rings. The first kappa shape index (κ1) is 11.0. The summed E-state index contributed by atoms with van der Waals surface area (Å²) >= 11 is 1.52. The van der Waals surface area contributed by atoms with Crippen molar-refractivity contribution in [2.45, 2.75) is 26.3 Å². The number of rotatable bonds is 5. The fourth-order valence-electron chi connectivity index (χ4n) is 1.23. The Morgan fingerprint density at radius 3 is 2.79 bits per heavy atom. The molecule has 0 aliphatic carbocycles. The Hall–Kier alpha value is -1.03. The molecule has 1 atom stereocenters. The topological polar surface area (TPSA) is 49.3 Å². The molecule has 78 valence electrons. The highest BCUT2D eigenvalue weighted by Crippen LogP contribution is 2.18. The van der Waals surface area contributed by atoms with E-state index in [1.807, 2.05) is 31.4 Å². The summed E-state index contributed by atoms with van der Waals surface area (Å²) in [6.07, 6.45) is 0.646. The zero-order chi connectivity index (χ0) is 10.6. The summed E-state index contributed by atoms with van der Waals surface area (Å²) in [5.74, 6) is -0.407. The maximum Gasteiger partial charge on any atom is 0.326 e. The first-order valence-corrected chi connectivity index (χ1v) is 5.50. The Kier molecular flexibility index (Phi) is 3.95. The molecule has 0 saturated heterocycles. The normalized spacial score (nSPS) is 12.8. The average molecular weight is 213 g/mol. The van der Waals surface area contributed by atoms with Crippen molar-refractivity contribution in [1.82, 2.24) is 0 Å². The van der Waals surface area contributed by atoms with E-state index < -0.39 is 12.0 Å². The Labute approximate surface area is 87.8 Å². The van der Waals surface area contributed by atoms with Gasteiger partial charge in [0.1, 0.15) is 6.04 Å². The van der Waals surface area contributed by atoms with Crippen LogP contribution in [0.1, 0.15) is 20.3 Å². The first-order chi connectivity index (χ1) is 6.59. The number of nitrogens with one attached hydrogen (secondary N) is 1. The molecule has 0 unspecified atom stereocenters. The molecule has 14 heavy (non-hydrogen) atoms. The third kappa shape index (κ3) is 3.38. The van der Waals surface area contributed by atoms with Gasteiger partial charge in [0.25, 0.3) is 0 Å². The van der Waals surface area contributed by atoms with Crippen LogP contribution in [-0.4, -0.2) is 17.1 Å². The van der Waals surface area contributed by atoms with E-state index in [0.29, 0.717) is 12.3 Å². The third-order valence-electron chi connectivity index (χ3n) is 1.84. The minimum atomic E-state index is -0.785. The minimum Gasteiger partial charge on any atom is -0.480 e. The van der Waals surface area contributed by atoms with Crippen molar-refractivity contribution in [2.75, 3.05) is 5.32 Å². The second-order valence-electron chi connectivity index (χ2n) is 3.64. The van der Waals surface area contributed by atoms with E-state index in [9.17, 15) is 4.79 Å². The molecule has 1 rings (SSSR count). The molecule has 0 aromatic carbocycles. The van der Waals surface area contributed by atoms with Gasteiger partial charge in [-0.1, -0.05) is 13.8 Å². The van der Waals surface area contributed by atoms with Gasteiger partial charge in [-0.15, -0.1) is 11.3 Å². The molecule has 3 nitrogen and oxygen atoms in total. The lowest BCUT2D eigenvalue weighted by Gasteiger charge is -2.16. The molecule has 1 heterocycles. The fourth-order valence-corrected chi connectivity index (χ4v) is 1.90. The van der Waals surface area contributed by atoms with E-state index in [4.69, 9.17) is 5.11 Å². The summed E-state index contributed by atoms with van der Waals surface area (Å²) in [4.78, 5) is 10.9. The Bertz CT molecular complexity index is 282. The zero-order valence-corrected chi connectivity index (χ0v) is 9.17. The number of anilines is 1. The first-order valence-electron chi connectivity index (χ1n) is 4.62. The van der Waals surface area contributed by atoms with Crippen LogP contribution in [0.3, 0.4) is 0 Å². The van der Waals surface area contributed by atoms with Crippen molar-refractivity contribution in [3.8, 4) is 0 Å². The van der Waals surface area contributed by atoms with Crippen LogP contribution in [0.15, 0.2) is 17.5 Å². The molecule has 1 aromatic heterocycles. The Morgan fingerprint density at radius 1 is 1.64 bits per heavy atom. The van der Waals surface area contributed by atoms with Crippen LogP contribution in [0.4, 0.5) is 5.00 Å². The average Bonchev–Trinajstić information content (AvgIpc) is 2.54. The van der Waals surface area contributed by atoms with E-state index >= 15 is 0 Å². The van der Waals surface area contributed by atoms with Crippen molar-refractivity contribution in [3.05, 3.63) is 17.5 Å². The number of hydrogen-bond acceptors (Lipinski definition) is 3. The Balaban J connectivity index is 2.56. The molecule has 0 radical (unpaired) electrons. The number of carbonyl (C=O) groups is 1. The summed E-state index contributed by atoms with van der Waals surface area (Å²) in [7, 11) is 0. The van der Waals surface area contributed by atoms with Crippen LogP contribution >= 0.6 is 11.3 Å². The molecule has 1 aromatic rings. The molecule has 2 N–H and O–H groups in total. The van der Waals surface area contributed by atoms with E-state index in [1.165, 1.54) is 11.3 Å². The Morgan fingerprint density at radius 2 is 2.36 bits per heavy atom. The van der Waals surface area contributed by atoms with Gasteiger partial charge in [-0.05, 0) is 29.9 Å². The summed E-state index contributed by atoms with van der Waals surface area (Å²) in [5, 5.41) is 14.8. The van der Waals surface area contributed by atoms with Gasteiger partial charge in [0, 0.05) is 0 Å². The monoisotopic (exact) mass is 213 g/mol. The highest BCUT2D eigenvalue weighted by atomic mass is 32.1. The van der Waals surface area contributed by atoms with Crippen LogP contribution in [-0.2, 0) is 4.79 Å². The maximum atomic E-state index is 10.9. The summed E-state index contributed by atoms with van der Waals surface area (Å²) in [5.41, 5.74) is 0. The summed E-state index contributed by atoms with van der Waals surface area (Å²) < 4.78 is 0. The van der Waals surface area contributed by atoms with Gasteiger partial charge in [-0.2, -0.15) is 0 Å². The predicted octanol–water partition coefficient (Wildman–Crippen LogP) is 2.66. The quantitative estimate of drug-likeness (QED) is 0.790. The lowest BCUT2D eigenvalue weighted by molar-refractivity contribution is -0.138. The molecule has 0 aliphatic rings. The lowest BCUT2D eigenvalue weighted by atomic mass is 10.0. The van der Waals surface area contributed by atoms with Gasteiger partial charge in [-0.25, -0.2) is 4.79 Å². The molecular weight excluding hydrogens is 198 g/mol. The summed E-state index contributed by atoms with van der Waals surface area (Å²) in [6, 6.07) is 3.32. The van der Waals surface area contributed by atoms with Crippen molar-refractivity contribution >= 4 is 22.3 Å². The predicted molar refractivity (Wildman–Crippen MR) is 58.8 cm³/mol. The highest BCUT2D eigenvalue weighted by Gasteiger charge is 2.18. The smallest absolute Gasteiger partial charge is 0.326 e. The maximum absolute atomic E-state index is 10.9. The molecule has 0 bridgehead atoms. The molecule has 0 spiro atoms. The van der Waals surface area contributed by atoms with Crippen molar-refractivity contribution in [1.29, 1.82) is 0 Å². The largest absolute Gasteiger partial charge is 0.480 e. The second-order valence-corrected chi connectivity index (χ2v) is 4.59. The van der Waals surface area contributed by atoms with Gasteiger partial charge in [0.05, 0.1) is 5.00 Å². The van der Waals surface area contributed by atoms with Crippen LogP contribution < -0.4 is 5.32 Å². The fraction of sp³-hybridized carbons (Fsp3) is 0.500. The molecule has 0 saturated carbocycles. The molecular formula is C10H15NO2S. The number of carboxylic acids is 1. The van der Waals surface area contributed by atoms with E-state index in [0.717, 1.165) is 5.00 Å². The summed E-state index contributed by atoms with van der Waals surface area (Å²) in [6.45, 7) is 4.04. The van der Waals surface area contributed by atoms with Gasteiger partial charge in [0.2, 0.25) is 0 Å². The molecule has 4 heteroatoms. The van der Waals surface area contributed by atoms with E-state index in [2.05, 4.69) is 5.32 Å².